The lowest BCUT2D eigenvalue weighted by Gasteiger charge is -2.42. The van der Waals surface area contributed by atoms with Gasteiger partial charge in [-0.05, 0) is 24.3 Å². The summed E-state index contributed by atoms with van der Waals surface area (Å²) in [6.07, 6.45) is 3.48. The maximum absolute atomic E-state index is 13.0. The summed E-state index contributed by atoms with van der Waals surface area (Å²) in [6, 6.07) is 10.6. The van der Waals surface area contributed by atoms with Gasteiger partial charge in [0.25, 0.3) is 0 Å². The third-order valence-corrected chi connectivity index (χ3v) is 6.43. The number of ketones is 1. The van der Waals surface area contributed by atoms with E-state index in [0.29, 0.717) is 18.1 Å². The second-order valence-electron chi connectivity index (χ2n) is 6.85. The molecule has 0 N–H and O–H groups in total. The van der Waals surface area contributed by atoms with Gasteiger partial charge in [0.15, 0.2) is 5.78 Å². The largest absolute Gasteiger partial charge is 0.294 e. The standard InChI is InChI=1S/C20H21NOS/c1-3-20(15-7-5-4-6-8-15)18-14(9-13(2)10-17(18)22)11-16-19(20)23-12-21-16/h4-8,12-13H,3,9-11H2,1-2H3/t13-,20-/m1/s1. The van der Waals surface area contributed by atoms with Crippen LogP contribution in [0.1, 0.15) is 49.2 Å². The number of benzene rings is 1. The molecule has 2 nitrogen and oxygen atoms in total. The molecule has 1 heterocycles. The third-order valence-electron chi connectivity index (χ3n) is 5.39. The van der Waals surface area contributed by atoms with Crippen molar-refractivity contribution in [3.63, 3.8) is 0 Å². The summed E-state index contributed by atoms with van der Waals surface area (Å²) in [6.45, 7) is 4.39. The summed E-state index contributed by atoms with van der Waals surface area (Å²) >= 11 is 1.71. The predicted octanol–water partition coefficient (Wildman–Crippen LogP) is 4.69. The lowest BCUT2D eigenvalue weighted by molar-refractivity contribution is -0.117. The van der Waals surface area contributed by atoms with E-state index in [-0.39, 0.29) is 5.41 Å². The Kier molecular flexibility index (Phi) is 3.49. The highest BCUT2D eigenvalue weighted by atomic mass is 32.1. The fourth-order valence-corrected chi connectivity index (χ4v) is 5.62. The number of carbonyl (C=O) groups is 1. The number of thiazole rings is 1. The Balaban J connectivity index is 2.03. The molecule has 0 saturated heterocycles. The van der Waals surface area contributed by atoms with E-state index < -0.39 is 0 Å². The molecule has 1 aromatic carbocycles. The number of carbonyl (C=O) groups excluding carboxylic acids is 1. The molecule has 0 unspecified atom stereocenters. The highest BCUT2D eigenvalue weighted by Crippen LogP contribution is 2.52. The first kappa shape index (κ1) is 14.8. The molecule has 0 fully saturated rings. The van der Waals surface area contributed by atoms with Crippen LogP contribution in [0, 0.1) is 5.92 Å². The van der Waals surface area contributed by atoms with Gasteiger partial charge in [0.1, 0.15) is 0 Å². The van der Waals surface area contributed by atoms with Crippen molar-refractivity contribution in [2.45, 2.75) is 44.9 Å². The summed E-state index contributed by atoms with van der Waals surface area (Å²) in [4.78, 5) is 19.0. The molecular weight excluding hydrogens is 302 g/mol. The van der Waals surface area contributed by atoms with Crippen LogP contribution >= 0.6 is 11.3 Å². The lowest BCUT2D eigenvalue weighted by Crippen LogP contribution is -2.40. The van der Waals surface area contributed by atoms with E-state index in [0.717, 1.165) is 24.8 Å². The molecule has 0 radical (unpaired) electrons. The molecule has 23 heavy (non-hydrogen) atoms. The minimum atomic E-state index is -0.289. The summed E-state index contributed by atoms with van der Waals surface area (Å²) < 4.78 is 0. The normalized spacial score (nSPS) is 26.9. The minimum absolute atomic E-state index is 0.289. The first-order valence-corrected chi connectivity index (χ1v) is 9.28. The average Bonchev–Trinajstić information content (AvgIpc) is 3.02. The van der Waals surface area contributed by atoms with Crippen LogP contribution < -0.4 is 0 Å². The van der Waals surface area contributed by atoms with Crippen molar-refractivity contribution in [3.05, 3.63) is 63.1 Å². The van der Waals surface area contributed by atoms with Crippen molar-refractivity contribution in [2.24, 2.45) is 5.92 Å². The van der Waals surface area contributed by atoms with Crippen LogP contribution in [0.15, 0.2) is 47.0 Å². The molecule has 2 aliphatic rings. The van der Waals surface area contributed by atoms with Crippen LogP contribution in [0.25, 0.3) is 0 Å². The van der Waals surface area contributed by atoms with Crippen LogP contribution in [-0.2, 0) is 16.6 Å². The SMILES string of the molecule is CC[C@@]1(c2ccccc2)C2=C(Cc3ncsc31)C[C@@H](C)CC2=O. The number of allylic oxidation sites excluding steroid dienone is 2. The Morgan fingerprint density at radius 2 is 2.04 bits per heavy atom. The highest BCUT2D eigenvalue weighted by Gasteiger charge is 2.48. The Bertz CT molecular complexity index is 789. The smallest absolute Gasteiger partial charge is 0.160 e. The first-order valence-electron chi connectivity index (χ1n) is 8.41. The van der Waals surface area contributed by atoms with E-state index in [1.807, 2.05) is 11.6 Å². The molecule has 0 saturated carbocycles. The Morgan fingerprint density at radius 1 is 1.26 bits per heavy atom. The van der Waals surface area contributed by atoms with Crippen LogP contribution in [0.4, 0.5) is 0 Å². The topological polar surface area (TPSA) is 30.0 Å². The number of nitrogens with zero attached hydrogens (tertiary/aromatic N) is 1. The maximum atomic E-state index is 13.0. The molecule has 1 aromatic heterocycles. The van der Waals surface area contributed by atoms with E-state index in [1.165, 1.54) is 21.7 Å². The molecule has 2 atom stereocenters. The molecule has 0 bridgehead atoms. The zero-order valence-electron chi connectivity index (χ0n) is 13.6. The van der Waals surface area contributed by atoms with Crippen molar-refractivity contribution in [1.29, 1.82) is 0 Å². The van der Waals surface area contributed by atoms with Crippen LogP contribution in [0.2, 0.25) is 0 Å². The molecule has 0 spiro atoms. The summed E-state index contributed by atoms with van der Waals surface area (Å²) in [5, 5.41) is 0. The van der Waals surface area contributed by atoms with Gasteiger partial charge >= 0.3 is 0 Å². The quantitative estimate of drug-likeness (QED) is 0.802. The molecule has 3 heteroatoms. The van der Waals surface area contributed by atoms with E-state index in [1.54, 1.807) is 11.3 Å². The summed E-state index contributed by atoms with van der Waals surface area (Å²) in [5.41, 5.74) is 6.50. The zero-order valence-corrected chi connectivity index (χ0v) is 14.5. The summed E-state index contributed by atoms with van der Waals surface area (Å²) in [7, 11) is 0. The first-order chi connectivity index (χ1) is 11.2. The van der Waals surface area contributed by atoms with Crippen LogP contribution in [-0.4, -0.2) is 10.8 Å². The van der Waals surface area contributed by atoms with Crippen LogP contribution in [0.3, 0.4) is 0 Å². The Hall–Kier alpha value is -1.74. The number of fused-ring (bicyclic) bond motifs is 1. The van der Waals surface area contributed by atoms with Gasteiger partial charge in [0.2, 0.25) is 0 Å². The number of hydrogen-bond acceptors (Lipinski definition) is 3. The number of Topliss-reactive ketones (excluding diaryl/α,β-unsaturated/α-hetero) is 1. The molecule has 4 rings (SSSR count). The fourth-order valence-electron chi connectivity index (χ4n) is 4.51. The number of rotatable bonds is 2. The minimum Gasteiger partial charge on any atom is -0.294 e. The highest BCUT2D eigenvalue weighted by molar-refractivity contribution is 7.10. The van der Waals surface area contributed by atoms with Gasteiger partial charge in [0.05, 0.1) is 16.6 Å². The van der Waals surface area contributed by atoms with Gasteiger partial charge in [-0.15, -0.1) is 11.3 Å². The van der Waals surface area contributed by atoms with Crippen LogP contribution in [0.5, 0.6) is 0 Å². The van der Waals surface area contributed by atoms with Gasteiger partial charge in [-0.2, -0.15) is 0 Å². The second kappa shape index (κ2) is 5.41. The molecule has 0 amide bonds. The molecule has 2 aromatic rings. The van der Waals surface area contributed by atoms with Crippen molar-refractivity contribution >= 4 is 17.1 Å². The molecule has 2 aliphatic carbocycles. The van der Waals surface area contributed by atoms with Crippen molar-refractivity contribution in [1.82, 2.24) is 4.98 Å². The van der Waals surface area contributed by atoms with Crippen molar-refractivity contribution < 1.29 is 4.79 Å². The fraction of sp³-hybridized carbons (Fsp3) is 0.400. The second-order valence-corrected chi connectivity index (χ2v) is 7.70. The average molecular weight is 323 g/mol. The molecule has 118 valence electrons. The Morgan fingerprint density at radius 3 is 2.78 bits per heavy atom. The van der Waals surface area contributed by atoms with Crippen molar-refractivity contribution in [3.8, 4) is 0 Å². The third kappa shape index (κ3) is 2.06. The van der Waals surface area contributed by atoms with E-state index in [4.69, 9.17) is 0 Å². The van der Waals surface area contributed by atoms with E-state index >= 15 is 0 Å². The number of aromatic nitrogens is 1. The van der Waals surface area contributed by atoms with E-state index in [2.05, 4.69) is 43.1 Å². The van der Waals surface area contributed by atoms with Gasteiger partial charge in [-0.1, -0.05) is 49.8 Å². The van der Waals surface area contributed by atoms with Gasteiger partial charge in [-0.25, -0.2) is 4.98 Å². The predicted molar refractivity (Wildman–Crippen MR) is 93.8 cm³/mol. The maximum Gasteiger partial charge on any atom is 0.160 e. The summed E-state index contributed by atoms with van der Waals surface area (Å²) in [5.74, 6) is 0.801. The van der Waals surface area contributed by atoms with Crippen molar-refractivity contribution in [2.75, 3.05) is 0 Å². The van der Waals surface area contributed by atoms with E-state index in [9.17, 15) is 4.79 Å². The van der Waals surface area contributed by atoms with Gasteiger partial charge in [-0.3, -0.25) is 4.79 Å². The Labute approximate surface area is 141 Å². The monoisotopic (exact) mass is 323 g/mol. The van der Waals surface area contributed by atoms with Gasteiger partial charge < -0.3 is 0 Å². The lowest BCUT2D eigenvalue weighted by atomic mass is 9.61. The number of hydrogen-bond donors (Lipinski definition) is 0. The molecule has 0 aliphatic heterocycles. The zero-order chi connectivity index (χ0) is 16.0. The van der Waals surface area contributed by atoms with Gasteiger partial charge in [0, 0.05) is 23.3 Å². The molecular formula is C20H21NOS.